The fourth-order valence-electron chi connectivity index (χ4n) is 3.70. The van der Waals surface area contributed by atoms with Crippen LogP contribution in [0.2, 0.25) is 0 Å². The molecule has 0 bridgehead atoms. The lowest BCUT2D eigenvalue weighted by Gasteiger charge is -2.39. The highest BCUT2D eigenvalue weighted by Crippen LogP contribution is 2.28. The monoisotopic (exact) mass is 289 g/mol. The van der Waals surface area contributed by atoms with Crippen LogP contribution in [0.4, 0.5) is 5.82 Å². The predicted octanol–water partition coefficient (Wildman–Crippen LogP) is 1.21. The Morgan fingerprint density at radius 3 is 2.71 bits per heavy atom. The summed E-state index contributed by atoms with van der Waals surface area (Å²) >= 11 is 0. The van der Waals surface area contributed by atoms with E-state index in [9.17, 15) is 0 Å². The second-order valence-corrected chi connectivity index (χ2v) is 6.18. The van der Waals surface area contributed by atoms with Gasteiger partial charge in [0.1, 0.15) is 12.1 Å². The molecule has 1 saturated heterocycles. The smallest absolute Gasteiger partial charge is 0.135 e. The minimum Gasteiger partial charge on any atom is -0.354 e. The minimum atomic E-state index is 0.549. The van der Waals surface area contributed by atoms with Gasteiger partial charge in [-0.3, -0.25) is 4.90 Å². The number of hydrogen-bond acceptors (Lipinski definition) is 5. The highest BCUT2D eigenvalue weighted by molar-refractivity contribution is 5.50. The first kappa shape index (κ1) is 14.7. The summed E-state index contributed by atoms with van der Waals surface area (Å²) in [7, 11) is 0. The third kappa shape index (κ3) is 3.04. The van der Waals surface area contributed by atoms with Gasteiger partial charge < -0.3 is 10.6 Å². The normalized spacial score (nSPS) is 20.6. The van der Waals surface area contributed by atoms with Crippen LogP contribution in [0.5, 0.6) is 0 Å². The van der Waals surface area contributed by atoms with Crippen LogP contribution in [-0.2, 0) is 12.8 Å². The molecule has 5 heteroatoms. The Kier molecular flexibility index (Phi) is 4.70. The van der Waals surface area contributed by atoms with Gasteiger partial charge in [0.15, 0.2) is 0 Å². The Labute approximate surface area is 127 Å². The summed E-state index contributed by atoms with van der Waals surface area (Å²) in [5, 5.41) is 0. The highest BCUT2D eigenvalue weighted by atomic mass is 15.3. The number of aryl methyl sites for hydroxylation is 1. The van der Waals surface area contributed by atoms with Gasteiger partial charge in [-0.2, -0.15) is 0 Å². The molecule has 1 atom stereocenters. The quantitative estimate of drug-likeness (QED) is 0.883. The SMILES string of the molecule is CCCC(CN)N1CCN(c2ncnc3c2CCC3)CC1. The van der Waals surface area contributed by atoms with Crippen molar-refractivity contribution in [1.29, 1.82) is 0 Å². The van der Waals surface area contributed by atoms with E-state index in [1.165, 1.54) is 36.3 Å². The van der Waals surface area contributed by atoms with Gasteiger partial charge in [-0.05, 0) is 25.7 Å². The first-order valence-electron chi connectivity index (χ1n) is 8.35. The van der Waals surface area contributed by atoms with Crippen molar-refractivity contribution in [2.45, 2.75) is 45.1 Å². The zero-order valence-electron chi connectivity index (χ0n) is 13.1. The molecule has 1 aromatic heterocycles. The minimum absolute atomic E-state index is 0.549. The van der Waals surface area contributed by atoms with E-state index in [0.29, 0.717) is 6.04 Å². The van der Waals surface area contributed by atoms with Crippen molar-refractivity contribution in [3.8, 4) is 0 Å². The molecule has 1 aliphatic carbocycles. The molecule has 0 amide bonds. The molecule has 2 aliphatic rings. The van der Waals surface area contributed by atoms with E-state index < -0.39 is 0 Å². The number of piperazine rings is 1. The molecule has 1 aliphatic heterocycles. The van der Waals surface area contributed by atoms with Gasteiger partial charge in [-0.15, -0.1) is 0 Å². The van der Waals surface area contributed by atoms with Gasteiger partial charge in [0.05, 0.1) is 0 Å². The lowest BCUT2D eigenvalue weighted by Crippen LogP contribution is -2.52. The average molecular weight is 289 g/mol. The Morgan fingerprint density at radius 1 is 1.19 bits per heavy atom. The summed E-state index contributed by atoms with van der Waals surface area (Å²) in [6.07, 6.45) is 7.66. The van der Waals surface area contributed by atoms with Crippen molar-refractivity contribution >= 4 is 5.82 Å². The standard InChI is InChI=1S/C16H27N5/c1-2-4-13(11-17)20-7-9-21(10-8-20)16-14-5-3-6-15(14)18-12-19-16/h12-13H,2-11,17H2,1H3. The highest BCUT2D eigenvalue weighted by Gasteiger charge is 2.26. The van der Waals surface area contributed by atoms with Crippen molar-refractivity contribution in [2.24, 2.45) is 5.73 Å². The lowest BCUT2D eigenvalue weighted by molar-refractivity contribution is 0.179. The van der Waals surface area contributed by atoms with E-state index in [-0.39, 0.29) is 0 Å². The maximum atomic E-state index is 5.93. The molecule has 1 aromatic rings. The summed E-state index contributed by atoms with van der Waals surface area (Å²) in [4.78, 5) is 14.0. The fraction of sp³-hybridized carbons (Fsp3) is 0.750. The molecule has 0 spiro atoms. The zero-order chi connectivity index (χ0) is 14.7. The topological polar surface area (TPSA) is 58.3 Å². The molecular weight excluding hydrogens is 262 g/mol. The number of nitrogens with zero attached hydrogens (tertiary/aromatic N) is 4. The van der Waals surface area contributed by atoms with E-state index in [4.69, 9.17) is 5.73 Å². The van der Waals surface area contributed by atoms with Gasteiger partial charge in [0.25, 0.3) is 0 Å². The fourth-order valence-corrected chi connectivity index (χ4v) is 3.70. The van der Waals surface area contributed by atoms with Gasteiger partial charge in [-0.1, -0.05) is 13.3 Å². The van der Waals surface area contributed by atoms with Crippen LogP contribution < -0.4 is 10.6 Å². The summed E-state index contributed by atoms with van der Waals surface area (Å²) < 4.78 is 0. The molecule has 5 nitrogen and oxygen atoms in total. The maximum absolute atomic E-state index is 5.93. The maximum Gasteiger partial charge on any atom is 0.135 e. The van der Waals surface area contributed by atoms with Gasteiger partial charge in [0, 0.05) is 50.0 Å². The van der Waals surface area contributed by atoms with E-state index in [2.05, 4.69) is 26.7 Å². The molecule has 0 radical (unpaired) electrons. The van der Waals surface area contributed by atoms with Crippen LogP contribution >= 0.6 is 0 Å². The molecule has 1 unspecified atom stereocenters. The Morgan fingerprint density at radius 2 is 2.00 bits per heavy atom. The van der Waals surface area contributed by atoms with Gasteiger partial charge in [-0.25, -0.2) is 9.97 Å². The summed E-state index contributed by atoms with van der Waals surface area (Å²) in [5.41, 5.74) is 8.60. The summed E-state index contributed by atoms with van der Waals surface area (Å²) in [5.74, 6) is 1.19. The van der Waals surface area contributed by atoms with Crippen molar-refractivity contribution < 1.29 is 0 Å². The molecule has 21 heavy (non-hydrogen) atoms. The van der Waals surface area contributed by atoms with Crippen molar-refractivity contribution in [1.82, 2.24) is 14.9 Å². The number of fused-ring (bicyclic) bond motifs is 1. The Balaban J connectivity index is 1.65. The number of rotatable bonds is 5. The van der Waals surface area contributed by atoms with E-state index in [1.807, 2.05) is 0 Å². The van der Waals surface area contributed by atoms with Crippen molar-refractivity contribution in [3.05, 3.63) is 17.6 Å². The Hall–Kier alpha value is -1.20. The summed E-state index contributed by atoms with van der Waals surface area (Å²) in [6.45, 7) is 7.33. The predicted molar refractivity (Wildman–Crippen MR) is 85.6 cm³/mol. The summed E-state index contributed by atoms with van der Waals surface area (Å²) in [6, 6.07) is 0.549. The first-order valence-corrected chi connectivity index (χ1v) is 8.35. The van der Waals surface area contributed by atoms with E-state index in [1.54, 1.807) is 6.33 Å². The zero-order valence-corrected chi connectivity index (χ0v) is 13.1. The molecule has 116 valence electrons. The molecule has 3 rings (SSSR count). The van der Waals surface area contributed by atoms with Crippen LogP contribution in [-0.4, -0.2) is 53.6 Å². The molecule has 2 heterocycles. The largest absolute Gasteiger partial charge is 0.354 e. The van der Waals surface area contributed by atoms with E-state index in [0.717, 1.165) is 45.6 Å². The number of anilines is 1. The molecular formula is C16H27N5. The molecule has 0 saturated carbocycles. The second kappa shape index (κ2) is 6.71. The molecule has 2 N–H and O–H groups in total. The lowest BCUT2D eigenvalue weighted by atomic mass is 10.1. The molecule has 1 fully saturated rings. The number of hydrogen-bond donors (Lipinski definition) is 1. The van der Waals surface area contributed by atoms with E-state index >= 15 is 0 Å². The van der Waals surface area contributed by atoms with Crippen LogP contribution in [0.1, 0.15) is 37.4 Å². The van der Waals surface area contributed by atoms with Gasteiger partial charge in [0.2, 0.25) is 0 Å². The second-order valence-electron chi connectivity index (χ2n) is 6.18. The number of aromatic nitrogens is 2. The van der Waals surface area contributed by atoms with Crippen LogP contribution in [0.15, 0.2) is 6.33 Å². The van der Waals surface area contributed by atoms with Crippen molar-refractivity contribution in [2.75, 3.05) is 37.6 Å². The molecule has 0 aromatic carbocycles. The Bertz CT molecular complexity index is 468. The number of nitrogens with two attached hydrogens (primary N) is 1. The first-order chi connectivity index (χ1) is 10.3. The average Bonchev–Trinajstić information content (AvgIpc) is 3.01. The van der Waals surface area contributed by atoms with Gasteiger partial charge >= 0.3 is 0 Å². The van der Waals surface area contributed by atoms with Crippen molar-refractivity contribution in [3.63, 3.8) is 0 Å². The third-order valence-corrected chi connectivity index (χ3v) is 4.88. The van der Waals surface area contributed by atoms with Crippen LogP contribution in [0.3, 0.4) is 0 Å². The van der Waals surface area contributed by atoms with Crippen LogP contribution in [0, 0.1) is 0 Å². The van der Waals surface area contributed by atoms with Crippen LogP contribution in [0.25, 0.3) is 0 Å². The third-order valence-electron chi connectivity index (χ3n) is 4.88.